The molecule has 0 aliphatic heterocycles. The lowest BCUT2D eigenvalue weighted by Gasteiger charge is -2.12. The highest BCUT2D eigenvalue weighted by Gasteiger charge is 2.15. The van der Waals surface area contributed by atoms with Gasteiger partial charge in [0.25, 0.3) is 0 Å². The van der Waals surface area contributed by atoms with Crippen LogP contribution in [0.15, 0.2) is 59.7 Å². The number of carbonyl (C=O) groups excluding carboxylic acids is 1. The first-order chi connectivity index (χ1) is 14.0. The minimum Gasteiger partial charge on any atom is -0.497 e. The second-order valence-corrected chi connectivity index (χ2v) is 6.54. The summed E-state index contributed by atoms with van der Waals surface area (Å²) in [7, 11) is 4.79. The van der Waals surface area contributed by atoms with Crippen molar-refractivity contribution < 1.29 is 19.0 Å². The standard InChI is InChI=1S/C23H24N2O4/c1-15(17-6-7-19-13-20(27-2)9-8-18(19)12-17)23(26)25-24-14-16-5-10-21(28-3)22(11-16)29-4/h5-15H,1-4H3,(H,25,26)/b24-14+/t15-/m0/s1. The lowest BCUT2D eigenvalue weighted by atomic mass is 9.97. The number of methoxy groups -OCH3 is 3. The van der Waals surface area contributed by atoms with E-state index in [1.165, 1.54) is 0 Å². The smallest absolute Gasteiger partial charge is 0.247 e. The quantitative estimate of drug-likeness (QED) is 0.485. The second-order valence-electron chi connectivity index (χ2n) is 6.54. The normalized spacial score (nSPS) is 12.0. The van der Waals surface area contributed by atoms with Crippen LogP contribution in [-0.2, 0) is 4.79 Å². The molecule has 3 aromatic carbocycles. The summed E-state index contributed by atoms with van der Waals surface area (Å²) >= 11 is 0. The first kappa shape index (κ1) is 20.2. The Hall–Kier alpha value is -3.54. The summed E-state index contributed by atoms with van der Waals surface area (Å²) in [6.45, 7) is 1.85. The van der Waals surface area contributed by atoms with Gasteiger partial charge in [0.05, 0.1) is 33.5 Å². The fourth-order valence-electron chi connectivity index (χ4n) is 2.99. The molecule has 1 amide bonds. The number of fused-ring (bicyclic) bond motifs is 1. The number of carbonyl (C=O) groups is 1. The zero-order valence-electron chi connectivity index (χ0n) is 16.9. The van der Waals surface area contributed by atoms with Gasteiger partial charge < -0.3 is 14.2 Å². The Morgan fingerprint density at radius 1 is 0.897 bits per heavy atom. The molecule has 0 spiro atoms. The van der Waals surface area contributed by atoms with Gasteiger partial charge in [-0.3, -0.25) is 4.79 Å². The van der Waals surface area contributed by atoms with Crippen molar-refractivity contribution in [1.29, 1.82) is 0 Å². The third-order valence-corrected chi connectivity index (χ3v) is 4.76. The van der Waals surface area contributed by atoms with Crippen molar-refractivity contribution in [2.45, 2.75) is 12.8 Å². The molecule has 6 heteroatoms. The molecule has 0 heterocycles. The number of rotatable bonds is 7. The monoisotopic (exact) mass is 392 g/mol. The number of hydrogen-bond donors (Lipinski definition) is 1. The number of hydrogen-bond acceptors (Lipinski definition) is 5. The van der Waals surface area contributed by atoms with Gasteiger partial charge in [-0.05, 0) is 59.2 Å². The zero-order valence-corrected chi connectivity index (χ0v) is 16.9. The van der Waals surface area contributed by atoms with Crippen molar-refractivity contribution in [1.82, 2.24) is 5.43 Å². The predicted molar refractivity (Wildman–Crippen MR) is 114 cm³/mol. The molecule has 0 saturated carbocycles. The van der Waals surface area contributed by atoms with E-state index in [2.05, 4.69) is 10.5 Å². The van der Waals surface area contributed by atoms with Gasteiger partial charge in [-0.15, -0.1) is 0 Å². The van der Waals surface area contributed by atoms with Crippen molar-refractivity contribution >= 4 is 22.9 Å². The second kappa shape index (κ2) is 9.10. The van der Waals surface area contributed by atoms with E-state index >= 15 is 0 Å². The summed E-state index contributed by atoms with van der Waals surface area (Å²) in [5, 5.41) is 6.18. The molecule has 0 aromatic heterocycles. The Bertz CT molecular complexity index is 1050. The van der Waals surface area contributed by atoms with E-state index < -0.39 is 0 Å². The van der Waals surface area contributed by atoms with Gasteiger partial charge in [-0.1, -0.05) is 24.3 Å². The maximum atomic E-state index is 12.5. The molecule has 0 fully saturated rings. The molecular formula is C23H24N2O4. The van der Waals surface area contributed by atoms with E-state index in [0.29, 0.717) is 11.5 Å². The van der Waals surface area contributed by atoms with Crippen LogP contribution in [0.25, 0.3) is 10.8 Å². The molecule has 6 nitrogen and oxygen atoms in total. The summed E-state index contributed by atoms with van der Waals surface area (Å²) in [6, 6.07) is 17.2. The summed E-state index contributed by atoms with van der Waals surface area (Å²) in [6.07, 6.45) is 1.57. The molecule has 0 bridgehead atoms. The Morgan fingerprint density at radius 2 is 1.62 bits per heavy atom. The molecule has 0 saturated heterocycles. The minimum atomic E-state index is -0.343. The molecule has 29 heavy (non-hydrogen) atoms. The molecule has 0 aliphatic rings. The molecule has 0 radical (unpaired) electrons. The number of nitrogens with zero attached hydrogens (tertiary/aromatic N) is 1. The van der Waals surface area contributed by atoms with Crippen LogP contribution in [0, 0.1) is 0 Å². The molecule has 1 N–H and O–H groups in total. The fraction of sp³-hybridized carbons (Fsp3) is 0.217. The molecule has 3 rings (SSSR count). The van der Waals surface area contributed by atoms with Crippen LogP contribution in [0.2, 0.25) is 0 Å². The first-order valence-electron chi connectivity index (χ1n) is 9.18. The van der Waals surface area contributed by atoms with Gasteiger partial charge in [-0.2, -0.15) is 5.10 Å². The van der Waals surface area contributed by atoms with Crippen molar-refractivity contribution in [3.05, 3.63) is 65.7 Å². The van der Waals surface area contributed by atoms with Crippen LogP contribution in [0.5, 0.6) is 17.2 Å². The van der Waals surface area contributed by atoms with E-state index in [4.69, 9.17) is 14.2 Å². The van der Waals surface area contributed by atoms with Gasteiger partial charge in [0.1, 0.15) is 5.75 Å². The van der Waals surface area contributed by atoms with E-state index in [1.807, 2.05) is 49.4 Å². The Kier molecular flexibility index (Phi) is 6.34. The number of hydrazone groups is 1. The van der Waals surface area contributed by atoms with Crippen LogP contribution in [-0.4, -0.2) is 33.5 Å². The topological polar surface area (TPSA) is 69.2 Å². The van der Waals surface area contributed by atoms with Crippen LogP contribution < -0.4 is 19.6 Å². The van der Waals surface area contributed by atoms with E-state index in [-0.39, 0.29) is 11.8 Å². The molecule has 1 atom stereocenters. The first-order valence-corrected chi connectivity index (χ1v) is 9.18. The van der Waals surface area contributed by atoms with Gasteiger partial charge in [0.2, 0.25) is 5.91 Å². The van der Waals surface area contributed by atoms with Crippen molar-refractivity contribution in [3.8, 4) is 17.2 Å². The van der Waals surface area contributed by atoms with Crippen LogP contribution >= 0.6 is 0 Å². The Morgan fingerprint density at radius 3 is 2.34 bits per heavy atom. The third-order valence-electron chi connectivity index (χ3n) is 4.76. The molecule has 3 aromatic rings. The maximum Gasteiger partial charge on any atom is 0.247 e. The molecule has 0 aliphatic carbocycles. The SMILES string of the molecule is COc1ccc2cc([C@H](C)C(=O)N/N=C/c3ccc(OC)c(OC)c3)ccc2c1. The summed E-state index contributed by atoms with van der Waals surface area (Å²) in [4.78, 5) is 12.5. The van der Waals surface area contributed by atoms with Gasteiger partial charge in [0.15, 0.2) is 11.5 Å². The fourth-order valence-corrected chi connectivity index (χ4v) is 2.99. The van der Waals surface area contributed by atoms with Gasteiger partial charge >= 0.3 is 0 Å². The lowest BCUT2D eigenvalue weighted by Crippen LogP contribution is -2.23. The summed E-state index contributed by atoms with van der Waals surface area (Å²) < 4.78 is 15.7. The van der Waals surface area contributed by atoms with Crippen molar-refractivity contribution in [2.24, 2.45) is 5.10 Å². The molecule has 0 unspecified atom stereocenters. The number of benzene rings is 3. The number of ether oxygens (including phenoxy) is 3. The molecular weight excluding hydrogens is 368 g/mol. The largest absolute Gasteiger partial charge is 0.497 e. The molecule has 150 valence electrons. The van der Waals surface area contributed by atoms with Crippen molar-refractivity contribution in [3.63, 3.8) is 0 Å². The Labute approximate surface area is 170 Å². The van der Waals surface area contributed by atoms with Crippen LogP contribution in [0.4, 0.5) is 0 Å². The number of nitrogens with one attached hydrogen (secondary N) is 1. The van der Waals surface area contributed by atoms with E-state index in [9.17, 15) is 4.79 Å². The highest BCUT2D eigenvalue weighted by molar-refractivity contribution is 5.89. The minimum absolute atomic E-state index is 0.186. The number of amides is 1. The highest BCUT2D eigenvalue weighted by Crippen LogP contribution is 2.27. The van der Waals surface area contributed by atoms with E-state index in [1.54, 1.807) is 39.7 Å². The highest BCUT2D eigenvalue weighted by atomic mass is 16.5. The zero-order chi connectivity index (χ0) is 20.8. The average Bonchev–Trinajstić information content (AvgIpc) is 2.77. The average molecular weight is 392 g/mol. The Balaban J connectivity index is 1.69. The van der Waals surface area contributed by atoms with Gasteiger partial charge in [0, 0.05) is 0 Å². The summed E-state index contributed by atoms with van der Waals surface area (Å²) in [5.74, 6) is 1.51. The van der Waals surface area contributed by atoms with Crippen LogP contribution in [0.1, 0.15) is 24.0 Å². The third kappa shape index (κ3) is 4.66. The lowest BCUT2D eigenvalue weighted by molar-refractivity contribution is -0.122. The maximum absolute atomic E-state index is 12.5. The van der Waals surface area contributed by atoms with Crippen LogP contribution in [0.3, 0.4) is 0 Å². The van der Waals surface area contributed by atoms with E-state index in [0.717, 1.165) is 27.6 Å². The summed E-state index contributed by atoms with van der Waals surface area (Å²) in [5.41, 5.74) is 4.31. The predicted octanol–water partition coefficient (Wildman–Crippen LogP) is 4.12. The van der Waals surface area contributed by atoms with Crippen molar-refractivity contribution in [2.75, 3.05) is 21.3 Å². The van der Waals surface area contributed by atoms with Gasteiger partial charge in [-0.25, -0.2) is 5.43 Å².